The Bertz CT molecular complexity index is 2680. The maximum absolute atomic E-state index is 6.83. The second-order valence-corrected chi connectivity index (χ2v) is 13.2. The minimum Gasteiger partial charge on any atom is -0.457 e. The summed E-state index contributed by atoms with van der Waals surface area (Å²) in [7, 11) is 0. The van der Waals surface area contributed by atoms with E-state index in [0.29, 0.717) is 0 Å². The molecule has 0 spiro atoms. The van der Waals surface area contributed by atoms with E-state index >= 15 is 0 Å². The summed E-state index contributed by atoms with van der Waals surface area (Å²) in [6.07, 6.45) is 0. The summed E-state index contributed by atoms with van der Waals surface area (Å²) in [5, 5.41) is 2.27. The van der Waals surface area contributed by atoms with E-state index < -0.39 is 5.41 Å². The van der Waals surface area contributed by atoms with Gasteiger partial charge in [-0.2, -0.15) is 0 Å². The molecule has 2 heteroatoms. The molecule has 0 saturated heterocycles. The molecule has 9 aromatic rings. The lowest BCUT2D eigenvalue weighted by Crippen LogP contribution is -2.34. The van der Waals surface area contributed by atoms with E-state index in [2.05, 4.69) is 182 Å². The van der Waals surface area contributed by atoms with E-state index in [9.17, 15) is 0 Å². The van der Waals surface area contributed by atoms with Crippen LogP contribution in [0.25, 0.3) is 55.3 Å². The topological polar surface area (TPSA) is 22.4 Å². The number of ether oxygens (including phenoxy) is 1. The molecule has 0 N–H and O–H groups in total. The summed E-state index contributed by atoms with van der Waals surface area (Å²) in [5.41, 5.74) is 12.8. The second kappa shape index (κ2) is 11.8. The first kappa shape index (κ1) is 29.3. The Morgan fingerprint density at radius 2 is 0.843 bits per heavy atom. The molecular formula is C49H32O2. The van der Waals surface area contributed by atoms with Crippen LogP contribution in [0.1, 0.15) is 22.3 Å². The van der Waals surface area contributed by atoms with Crippen LogP contribution in [-0.4, -0.2) is 0 Å². The van der Waals surface area contributed by atoms with Crippen LogP contribution in [0.3, 0.4) is 0 Å². The number of para-hydroxylation sites is 2. The van der Waals surface area contributed by atoms with E-state index in [4.69, 9.17) is 9.15 Å². The van der Waals surface area contributed by atoms with Crippen LogP contribution in [-0.2, 0) is 5.41 Å². The van der Waals surface area contributed by atoms with Crippen molar-refractivity contribution < 1.29 is 9.15 Å². The summed E-state index contributed by atoms with van der Waals surface area (Å²) < 4.78 is 13.1. The molecule has 1 aliphatic heterocycles. The van der Waals surface area contributed by atoms with Gasteiger partial charge in [0, 0.05) is 21.9 Å². The van der Waals surface area contributed by atoms with Crippen molar-refractivity contribution in [3.05, 3.63) is 216 Å². The molecule has 0 amide bonds. The predicted octanol–water partition coefficient (Wildman–Crippen LogP) is 13.1. The lowest BCUT2D eigenvalue weighted by Gasteiger charge is -2.41. The Morgan fingerprint density at radius 3 is 1.55 bits per heavy atom. The first-order valence-corrected chi connectivity index (χ1v) is 17.4. The molecule has 1 aromatic heterocycles. The third-order valence-electron chi connectivity index (χ3n) is 10.5. The molecule has 8 aromatic carbocycles. The lowest BCUT2D eigenvalue weighted by atomic mass is 9.63. The number of hydrogen-bond acceptors (Lipinski definition) is 2. The zero-order valence-electron chi connectivity index (χ0n) is 27.8. The fourth-order valence-electron chi connectivity index (χ4n) is 8.21. The standard InChI is InChI=1S/C49H32O2/c1-3-15-35(16-4-1)49(36-17-5-2-6-18-36)43-24-12-14-26-46(43)51-48-32-34(28-30-44(48)49)38-20-8-10-22-40(38)39-21-9-7-19-37(39)33-27-29-42-41-23-11-13-25-45(41)50-47(42)31-33/h1-32H. The number of rotatable bonds is 5. The van der Waals surface area contributed by atoms with Crippen LogP contribution < -0.4 is 4.74 Å². The lowest BCUT2D eigenvalue weighted by molar-refractivity contribution is 0.435. The van der Waals surface area contributed by atoms with Gasteiger partial charge < -0.3 is 9.15 Å². The first-order chi connectivity index (χ1) is 25.3. The van der Waals surface area contributed by atoms with Gasteiger partial charge in [-0.1, -0.05) is 164 Å². The Labute approximate surface area is 296 Å². The van der Waals surface area contributed by atoms with E-state index in [0.717, 1.165) is 77.9 Å². The Balaban J connectivity index is 1.15. The van der Waals surface area contributed by atoms with Crippen molar-refractivity contribution >= 4 is 21.9 Å². The van der Waals surface area contributed by atoms with Gasteiger partial charge in [-0.05, 0) is 74.8 Å². The molecule has 0 radical (unpaired) electrons. The van der Waals surface area contributed by atoms with Crippen molar-refractivity contribution in [2.75, 3.05) is 0 Å². The fraction of sp³-hybridized carbons (Fsp3) is 0.0204. The van der Waals surface area contributed by atoms with E-state index in [1.165, 1.54) is 11.1 Å². The van der Waals surface area contributed by atoms with Gasteiger partial charge >= 0.3 is 0 Å². The van der Waals surface area contributed by atoms with Crippen LogP contribution in [0.4, 0.5) is 0 Å². The average molecular weight is 653 g/mol. The maximum Gasteiger partial charge on any atom is 0.136 e. The molecule has 0 aliphatic carbocycles. The van der Waals surface area contributed by atoms with Crippen molar-refractivity contribution in [2.24, 2.45) is 0 Å². The highest BCUT2D eigenvalue weighted by Gasteiger charge is 2.45. The molecule has 0 saturated carbocycles. The molecule has 0 bridgehead atoms. The van der Waals surface area contributed by atoms with Gasteiger partial charge in [0.15, 0.2) is 0 Å². The van der Waals surface area contributed by atoms with Gasteiger partial charge in [0.2, 0.25) is 0 Å². The van der Waals surface area contributed by atoms with Crippen LogP contribution >= 0.6 is 0 Å². The highest BCUT2D eigenvalue weighted by Crippen LogP contribution is 2.56. The Hall–Kier alpha value is -6.64. The highest BCUT2D eigenvalue weighted by molar-refractivity contribution is 6.06. The van der Waals surface area contributed by atoms with Gasteiger partial charge in [-0.15, -0.1) is 0 Å². The van der Waals surface area contributed by atoms with Gasteiger partial charge in [-0.25, -0.2) is 0 Å². The predicted molar refractivity (Wildman–Crippen MR) is 208 cm³/mol. The van der Waals surface area contributed by atoms with Crippen LogP contribution in [0, 0.1) is 0 Å². The monoisotopic (exact) mass is 652 g/mol. The number of hydrogen-bond donors (Lipinski definition) is 0. The molecule has 1 aliphatic rings. The third-order valence-corrected chi connectivity index (χ3v) is 10.5. The van der Waals surface area contributed by atoms with Crippen LogP contribution in [0.2, 0.25) is 0 Å². The van der Waals surface area contributed by atoms with Crippen molar-refractivity contribution in [1.29, 1.82) is 0 Å². The summed E-state index contributed by atoms with van der Waals surface area (Å²) >= 11 is 0. The zero-order valence-corrected chi connectivity index (χ0v) is 27.8. The van der Waals surface area contributed by atoms with Gasteiger partial charge in [-0.3, -0.25) is 0 Å². The second-order valence-electron chi connectivity index (χ2n) is 13.2. The Kier molecular flexibility index (Phi) is 6.75. The molecule has 240 valence electrons. The first-order valence-electron chi connectivity index (χ1n) is 17.4. The van der Waals surface area contributed by atoms with Crippen molar-refractivity contribution in [3.63, 3.8) is 0 Å². The van der Waals surface area contributed by atoms with Crippen LogP contribution in [0.15, 0.2) is 199 Å². The minimum atomic E-state index is -0.549. The van der Waals surface area contributed by atoms with Crippen molar-refractivity contribution in [2.45, 2.75) is 5.41 Å². The fourth-order valence-corrected chi connectivity index (χ4v) is 8.21. The summed E-state index contributed by atoms with van der Waals surface area (Å²) in [6, 6.07) is 69.0. The third kappa shape index (κ3) is 4.57. The molecule has 0 fully saturated rings. The molecule has 10 rings (SSSR count). The number of benzene rings is 8. The van der Waals surface area contributed by atoms with Crippen molar-refractivity contribution in [3.8, 4) is 44.9 Å². The van der Waals surface area contributed by atoms with Crippen molar-refractivity contribution in [1.82, 2.24) is 0 Å². The van der Waals surface area contributed by atoms with Gasteiger partial charge in [0.25, 0.3) is 0 Å². The molecular weight excluding hydrogens is 621 g/mol. The molecule has 0 unspecified atom stereocenters. The number of fused-ring (bicyclic) bond motifs is 5. The summed E-state index contributed by atoms with van der Waals surface area (Å²) in [4.78, 5) is 0. The van der Waals surface area contributed by atoms with E-state index in [1.54, 1.807) is 0 Å². The minimum absolute atomic E-state index is 0.549. The SMILES string of the molecule is c1ccc(C2(c3ccccc3)c3ccccc3Oc3cc(-c4ccccc4-c4ccccc4-c4ccc5c(c4)oc4ccccc45)ccc32)cc1. The normalized spacial score (nSPS) is 13.0. The quantitative estimate of drug-likeness (QED) is 0.185. The molecule has 51 heavy (non-hydrogen) atoms. The smallest absolute Gasteiger partial charge is 0.136 e. The summed E-state index contributed by atoms with van der Waals surface area (Å²) in [6.45, 7) is 0. The zero-order chi connectivity index (χ0) is 33.8. The molecule has 2 nitrogen and oxygen atoms in total. The summed E-state index contributed by atoms with van der Waals surface area (Å²) in [5.74, 6) is 1.73. The van der Waals surface area contributed by atoms with Gasteiger partial charge in [0.05, 0.1) is 5.41 Å². The Morgan fingerprint density at radius 1 is 0.333 bits per heavy atom. The molecule has 2 heterocycles. The van der Waals surface area contributed by atoms with E-state index in [1.807, 2.05) is 12.1 Å². The van der Waals surface area contributed by atoms with Crippen LogP contribution in [0.5, 0.6) is 11.5 Å². The molecule has 0 atom stereocenters. The average Bonchev–Trinajstić information content (AvgIpc) is 3.58. The van der Waals surface area contributed by atoms with Gasteiger partial charge in [0.1, 0.15) is 22.7 Å². The maximum atomic E-state index is 6.83. The number of furan rings is 1. The highest BCUT2D eigenvalue weighted by atomic mass is 16.5. The largest absolute Gasteiger partial charge is 0.457 e. The van der Waals surface area contributed by atoms with E-state index in [-0.39, 0.29) is 0 Å².